The fraction of sp³-hybridized carbons (Fsp3) is 0.615. The van der Waals surface area contributed by atoms with Gasteiger partial charge in [-0.15, -0.1) is 0 Å². The molecule has 0 spiro atoms. The highest BCUT2D eigenvalue weighted by Crippen LogP contribution is 2.36. The monoisotopic (exact) mass is 275 g/mol. The van der Waals surface area contributed by atoms with Crippen molar-refractivity contribution in [3.63, 3.8) is 0 Å². The Hall–Kier alpha value is -1.89. The SMILES string of the molecule is CCC1CCC(Nc2nc(NN)nc3[nH]ncc23)C1C. The van der Waals surface area contributed by atoms with E-state index in [1.165, 1.54) is 19.3 Å². The number of nitrogens with zero attached hydrogens (tertiary/aromatic N) is 3. The van der Waals surface area contributed by atoms with Crippen molar-refractivity contribution in [3.05, 3.63) is 6.20 Å². The van der Waals surface area contributed by atoms with E-state index in [1.54, 1.807) is 6.20 Å². The number of anilines is 2. The van der Waals surface area contributed by atoms with Crippen LogP contribution in [0.5, 0.6) is 0 Å². The Balaban J connectivity index is 1.89. The summed E-state index contributed by atoms with van der Waals surface area (Å²) in [7, 11) is 0. The van der Waals surface area contributed by atoms with Crippen LogP contribution in [0.2, 0.25) is 0 Å². The molecular formula is C13H21N7. The number of rotatable bonds is 4. The largest absolute Gasteiger partial charge is 0.366 e. The Kier molecular flexibility index (Phi) is 3.43. The van der Waals surface area contributed by atoms with Gasteiger partial charge in [-0.1, -0.05) is 20.3 Å². The topological polar surface area (TPSA) is 105 Å². The number of fused-ring (bicyclic) bond motifs is 1. The number of nitrogen functional groups attached to an aromatic ring is 1. The van der Waals surface area contributed by atoms with E-state index in [9.17, 15) is 0 Å². The first kappa shape index (κ1) is 13.1. The second-order valence-corrected chi connectivity index (χ2v) is 5.53. The summed E-state index contributed by atoms with van der Waals surface area (Å²) in [6.45, 7) is 4.58. The lowest BCUT2D eigenvalue weighted by atomic mass is 9.93. The van der Waals surface area contributed by atoms with E-state index >= 15 is 0 Å². The van der Waals surface area contributed by atoms with Crippen LogP contribution in [0.25, 0.3) is 11.0 Å². The lowest BCUT2D eigenvalue weighted by Crippen LogP contribution is -2.25. The van der Waals surface area contributed by atoms with Gasteiger partial charge in [0.25, 0.3) is 0 Å². The number of hydrazine groups is 1. The number of hydrogen-bond donors (Lipinski definition) is 4. The van der Waals surface area contributed by atoms with Crippen molar-refractivity contribution >= 4 is 22.8 Å². The van der Waals surface area contributed by atoms with E-state index < -0.39 is 0 Å². The lowest BCUT2D eigenvalue weighted by Gasteiger charge is -2.21. The minimum absolute atomic E-state index is 0.391. The normalized spacial score (nSPS) is 26.1. The maximum absolute atomic E-state index is 5.42. The van der Waals surface area contributed by atoms with Crippen molar-refractivity contribution in [3.8, 4) is 0 Å². The molecule has 2 aromatic rings. The average Bonchev–Trinajstić information content (AvgIpc) is 3.06. The molecule has 7 heteroatoms. The van der Waals surface area contributed by atoms with Gasteiger partial charge in [0.05, 0.1) is 11.6 Å². The second-order valence-electron chi connectivity index (χ2n) is 5.53. The van der Waals surface area contributed by atoms with Gasteiger partial charge in [-0.25, -0.2) is 5.84 Å². The van der Waals surface area contributed by atoms with Crippen LogP contribution < -0.4 is 16.6 Å². The van der Waals surface area contributed by atoms with Crippen molar-refractivity contribution < 1.29 is 0 Å². The van der Waals surface area contributed by atoms with Crippen molar-refractivity contribution in [1.29, 1.82) is 0 Å². The van der Waals surface area contributed by atoms with E-state index in [-0.39, 0.29) is 0 Å². The Bertz CT molecular complexity index is 593. The minimum atomic E-state index is 0.391. The van der Waals surface area contributed by atoms with Gasteiger partial charge < -0.3 is 5.32 Å². The van der Waals surface area contributed by atoms with Gasteiger partial charge >= 0.3 is 0 Å². The molecule has 1 aliphatic rings. The second kappa shape index (κ2) is 5.24. The van der Waals surface area contributed by atoms with Crippen LogP contribution in [-0.2, 0) is 0 Å². The fourth-order valence-electron chi connectivity index (χ4n) is 3.21. The third-order valence-corrected chi connectivity index (χ3v) is 4.51. The van der Waals surface area contributed by atoms with E-state index in [0.29, 0.717) is 23.6 Å². The van der Waals surface area contributed by atoms with Crippen LogP contribution in [0.4, 0.5) is 11.8 Å². The summed E-state index contributed by atoms with van der Waals surface area (Å²) in [4.78, 5) is 8.66. The lowest BCUT2D eigenvalue weighted by molar-refractivity contribution is 0.391. The van der Waals surface area contributed by atoms with Gasteiger partial charge in [0.15, 0.2) is 5.65 Å². The third kappa shape index (κ3) is 2.18. The standard InChI is InChI=1S/C13H21N7/c1-3-8-4-5-10(7(8)2)16-11-9-6-15-20-12(9)18-13(17-11)19-14/h6-8,10H,3-5,14H2,1-2H3,(H3,15,16,17,18,19,20). The first-order valence-corrected chi connectivity index (χ1v) is 7.17. The zero-order valence-corrected chi connectivity index (χ0v) is 11.8. The van der Waals surface area contributed by atoms with E-state index in [2.05, 4.69) is 44.8 Å². The van der Waals surface area contributed by atoms with Gasteiger partial charge in [-0.2, -0.15) is 15.1 Å². The van der Waals surface area contributed by atoms with Crippen LogP contribution in [0.3, 0.4) is 0 Å². The van der Waals surface area contributed by atoms with Crippen LogP contribution in [0.1, 0.15) is 33.1 Å². The fourth-order valence-corrected chi connectivity index (χ4v) is 3.21. The number of aromatic amines is 1. The van der Waals surface area contributed by atoms with E-state index in [0.717, 1.165) is 17.1 Å². The average molecular weight is 275 g/mol. The summed E-state index contributed by atoms with van der Waals surface area (Å²) in [5.41, 5.74) is 3.18. The Morgan fingerprint density at radius 1 is 1.40 bits per heavy atom. The van der Waals surface area contributed by atoms with E-state index in [1.807, 2.05) is 0 Å². The predicted octanol–water partition coefficient (Wildman–Crippen LogP) is 1.88. The van der Waals surface area contributed by atoms with Gasteiger partial charge in [0, 0.05) is 6.04 Å². The van der Waals surface area contributed by atoms with Crippen LogP contribution in [0, 0.1) is 11.8 Å². The molecule has 20 heavy (non-hydrogen) atoms. The number of hydrogen-bond acceptors (Lipinski definition) is 6. The molecule has 3 atom stereocenters. The molecule has 0 amide bonds. The van der Waals surface area contributed by atoms with Crippen molar-refractivity contribution in [2.75, 3.05) is 10.7 Å². The van der Waals surface area contributed by atoms with Gasteiger partial charge in [0.2, 0.25) is 5.95 Å². The van der Waals surface area contributed by atoms with Gasteiger partial charge in [0.1, 0.15) is 5.82 Å². The minimum Gasteiger partial charge on any atom is -0.366 e. The van der Waals surface area contributed by atoms with Crippen LogP contribution in [-0.4, -0.2) is 26.2 Å². The molecule has 5 N–H and O–H groups in total. The van der Waals surface area contributed by atoms with Crippen LogP contribution in [0.15, 0.2) is 6.20 Å². The van der Waals surface area contributed by atoms with Crippen LogP contribution >= 0.6 is 0 Å². The van der Waals surface area contributed by atoms with Crippen molar-refractivity contribution in [2.24, 2.45) is 17.7 Å². The molecule has 0 aromatic carbocycles. The molecule has 2 aromatic heterocycles. The Labute approximate surface area is 117 Å². The quantitative estimate of drug-likeness (QED) is 0.501. The summed E-state index contributed by atoms with van der Waals surface area (Å²) in [6, 6.07) is 0.443. The molecule has 1 fully saturated rings. The van der Waals surface area contributed by atoms with Crippen molar-refractivity contribution in [1.82, 2.24) is 20.2 Å². The highest BCUT2D eigenvalue weighted by atomic mass is 15.3. The predicted molar refractivity (Wildman–Crippen MR) is 79.1 cm³/mol. The molecule has 1 aliphatic carbocycles. The summed E-state index contributed by atoms with van der Waals surface area (Å²) in [5.74, 6) is 8.05. The number of aromatic nitrogens is 4. The molecule has 0 radical (unpaired) electrons. The van der Waals surface area contributed by atoms with Crippen molar-refractivity contribution in [2.45, 2.75) is 39.2 Å². The summed E-state index contributed by atoms with van der Waals surface area (Å²) in [5, 5.41) is 11.3. The first-order chi connectivity index (χ1) is 9.72. The maximum Gasteiger partial charge on any atom is 0.241 e. The highest BCUT2D eigenvalue weighted by molar-refractivity contribution is 5.87. The zero-order chi connectivity index (χ0) is 14.1. The van der Waals surface area contributed by atoms with E-state index in [4.69, 9.17) is 5.84 Å². The smallest absolute Gasteiger partial charge is 0.241 e. The molecule has 2 heterocycles. The Morgan fingerprint density at radius 3 is 2.95 bits per heavy atom. The molecule has 1 saturated carbocycles. The third-order valence-electron chi connectivity index (χ3n) is 4.51. The first-order valence-electron chi connectivity index (χ1n) is 7.17. The van der Waals surface area contributed by atoms with Gasteiger partial charge in [-0.05, 0) is 24.7 Å². The molecule has 108 valence electrons. The Morgan fingerprint density at radius 2 is 2.25 bits per heavy atom. The maximum atomic E-state index is 5.42. The zero-order valence-electron chi connectivity index (χ0n) is 11.8. The molecule has 0 saturated heterocycles. The molecule has 0 aliphatic heterocycles. The molecule has 0 bridgehead atoms. The number of H-pyrrole nitrogens is 1. The number of nitrogens with one attached hydrogen (secondary N) is 3. The molecular weight excluding hydrogens is 254 g/mol. The summed E-state index contributed by atoms with van der Waals surface area (Å²) in [6.07, 6.45) is 5.43. The molecule has 7 nitrogen and oxygen atoms in total. The summed E-state index contributed by atoms with van der Waals surface area (Å²) < 4.78 is 0. The summed E-state index contributed by atoms with van der Waals surface area (Å²) >= 11 is 0. The molecule has 3 rings (SSSR count). The highest BCUT2D eigenvalue weighted by Gasteiger charge is 2.32. The number of nitrogens with two attached hydrogens (primary N) is 1. The van der Waals surface area contributed by atoms with Gasteiger partial charge in [-0.3, -0.25) is 10.5 Å². The molecule has 3 unspecified atom stereocenters.